The predicted molar refractivity (Wildman–Crippen MR) is 118 cm³/mol. The van der Waals surface area contributed by atoms with Gasteiger partial charge in [-0.15, -0.1) is 0 Å². The van der Waals surface area contributed by atoms with E-state index in [9.17, 15) is 18.8 Å². The molecule has 32 heavy (non-hydrogen) atoms. The van der Waals surface area contributed by atoms with E-state index in [1.54, 1.807) is 41.3 Å². The van der Waals surface area contributed by atoms with E-state index in [2.05, 4.69) is 0 Å². The smallest absolute Gasteiger partial charge is 0.262 e. The van der Waals surface area contributed by atoms with Crippen molar-refractivity contribution in [3.05, 3.63) is 107 Å². The Morgan fingerprint density at radius 2 is 1.47 bits per heavy atom. The summed E-state index contributed by atoms with van der Waals surface area (Å²) in [7, 11) is 0. The standard InChI is InChI=1S/C26H23FN2O3/c1-2-28(17-19-11-8-12-20(27)15-19)26(32)23(16-18-9-4-3-5-10-18)29-24(30)21-13-6-7-14-22(21)25(29)31/h3-15,23H,2,16-17H2,1H3. The summed E-state index contributed by atoms with van der Waals surface area (Å²) in [5.74, 6) is -1.68. The van der Waals surface area contributed by atoms with E-state index in [0.29, 0.717) is 23.2 Å². The highest BCUT2D eigenvalue weighted by molar-refractivity contribution is 6.22. The Morgan fingerprint density at radius 1 is 0.875 bits per heavy atom. The number of nitrogens with zero attached hydrogens (tertiary/aromatic N) is 2. The maximum Gasteiger partial charge on any atom is 0.262 e. The average molecular weight is 430 g/mol. The minimum Gasteiger partial charge on any atom is -0.337 e. The zero-order valence-corrected chi connectivity index (χ0v) is 17.7. The van der Waals surface area contributed by atoms with Crippen LogP contribution in [0.1, 0.15) is 38.8 Å². The number of carbonyl (C=O) groups excluding carboxylic acids is 3. The van der Waals surface area contributed by atoms with Crippen molar-refractivity contribution in [3.8, 4) is 0 Å². The van der Waals surface area contributed by atoms with Crippen LogP contribution in [0.2, 0.25) is 0 Å². The van der Waals surface area contributed by atoms with Crippen molar-refractivity contribution >= 4 is 17.7 Å². The fourth-order valence-corrected chi connectivity index (χ4v) is 4.03. The van der Waals surface area contributed by atoms with E-state index >= 15 is 0 Å². The molecule has 0 saturated heterocycles. The first-order valence-corrected chi connectivity index (χ1v) is 10.5. The summed E-state index contributed by atoms with van der Waals surface area (Å²) in [6.07, 6.45) is 0.199. The highest BCUT2D eigenvalue weighted by Gasteiger charge is 2.43. The minimum atomic E-state index is -1.00. The second-order valence-corrected chi connectivity index (χ2v) is 7.71. The van der Waals surface area contributed by atoms with Gasteiger partial charge in [0.2, 0.25) is 5.91 Å². The Balaban J connectivity index is 1.68. The lowest BCUT2D eigenvalue weighted by Gasteiger charge is -2.31. The van der Waals surface area contributed by atoms with E-state index in [1.165, 1.54) is 12.1 Å². The van der Waals surface area contributed by atoms with Gasteiger partial charge in [0.15, 0.2) is 0 Å². The third kappa shape index (κ3) is 4.17. The second kappa shape index (κ2) is 9.14. The maximum absolute atomic E-state index is 13.7. The summed E-state index contributed by atoms with van der Waals surface area (Å²) in [5, 5.41) is 0. The summed E-state index contributed by atoms with van der Waals surface area (Å²) in [4.78, 5) is 42.6. The largest absolute Gasteiger partial charge is 0.337 e. The first-order valence-electron chi connectivity index (χ1n) is 10.5. The van der Waals surface area contributed by atoms with Crippen LogP contribution in [0.3, 0.4) is 0 Å². The van der Waals surface area contributed by atoms with Gasteiger partial charge in [0, 0.05) is 19.5 Å². The van der Waals surface area contributed by atoms with E-state index < -0.39 is 17.9 Å². The fraction of sp³-hybridized carbons (Fsp3) is 0.192. The third-order valence-electron chi connectivity index (χ3n) is 5.65. The van der Waals surface area contributed by atoms with Gasteiger partial charge < -0.3 is 4.90 Å². The van der Waals surface area contributed by atoms with Gasteiger partial charge in [-0.2, -0.15) is 0 Å². The van der Waals surface area contributed by atoms with Crippen LogP contribution in [0, 0.1) is 5.82 Å². The summed E-state index contributed by atoms with van der Waals surface area (Å²) in [6, 6.07) is 20.9. The number of likely N-dealkylation sites (N-methyl/N-ethyl adjacent to an activating group) is 1. The molecule has 0 spiro atoms. The first kappa shape index (κ1) is 21.4. The highest BCUT2D eigenvalue weighted by Crippen LogP contribution is 2.27. The molecule has 0 saturated carbocycles. The minimum absolute atomic E-state index is 0.182. The molecule has 0 aromatic heterocycles. The molecule has 0 aliphatic carbocycles. The molecule has 3 aromatic carbocycles. The number of amides is 3. The van der Waals surface area contributed by atoms with Crippen LogP contribution in [0.4, 0.5) is 4.39 Å². The number of halogens is 1. The van der Waals surface area contributed by atoms with Crippen molar-refractivity contribution in [2.24, 2.45) is 0 Å². The quantitative estimate of drug-likeness (QED) is 0.531. The van der Waals surface area contributed by atoms with Gasteiger partial charge in [-0.1, -0.05) is 54.6 Å². The Bertz CT molecular complexity index is 1130. The summed E-state index contributed by atoms with van der Waals surface area (Å²) < 4.78 is 13.7. The van der Waals surface area contributed by atoms with Crippen molar-refractivity contribution in [3.63, 3.8) is 0 Å². The number of benzene rings is 3. The van der Waals surface area contributed by atoms with Crippen LogP contribution in [0.5, 0.6) is 0 Å². The van der Waals surface area contributed by atoms with E-state index in [0.717, 1.165) is 10.5 Å². The Kier molecular flexibility index (Phi) is 6.12. The van der Waals surface area contributed by atoms with Gasteiger partial charge in [0.1, 0.15) is 11.9 Å². The van der Waals surface area contributed by atoms with Gasteiger partial charge in [-0.05, 0) is 42.3 Å². The first-order chi connectivity index (χ1) is 15.5. The van der Waals surface area contributed by atoms with Gasteiger partial charge in [0.05, 0.1) is 11.1 Å². The molecule has 0 bridgehead atoms. The van der Waals surface area contributed by atoms with Crippen molar-refractivity contribution in [2.75, 3.05) is 6.54 Å². The number of rotatable bonds is 7. The second-order valence-electron chi connectivity index (χ2n) is 7.71. The summed E-state index contributed by atoms with van der Waals surface area (Å²) in [5.41, 5.74) is 2.08. The van der Waals surface area contributed by atoms with Crippen LogP contribution in [0.15, 0.2) is 78.9 Å². The molecule has 5 nitrogen and oxygen atoms in total. The zero-order chi connectivity index (χ0) is 22.7. The molecular formula is C26H23FN2O3. The molecule has 3 aromatic rings. The Hall–Kier alpha value is -3.80. The molecule has 0 N–H and O–H groups in total. The van der Waals surface area contributed by atoms with Gasteiger partial charge in [-0.25, -0.2) is 4.39 Å². The lowest BCUT2D eigenvalue weighted by atomic mass is 10.0. The highest BCUT2D eigenvalue weighted by atomic mass is 19.1. The van der Waals surface area contributed by atoms with Crippen LogP contribution in [-0.4, -0.2) is 40.1 Å². The van der Waals surface area contributed by atoms with Crippen molar-refractivity contribution < 1.29 is 18.8 Å². The predicted octanol–water partition coefficient (Wildman–Crippen LogP) is 4.08. The summed E-state index contributed by atoms with van der Waals surface area (Å²) in [6.45, 7) is 2.35. The molecule has 4 rings (SSSR count). The van der Waals surface area contributed by atoms with E-state index in [4.69, 9.17) is 0 Å². The van der Waals surface area contributed by atoms with E-state index in [1.807, 2.05) is 37.3 Å². The number of imide groups is 1. The Labute approximate surface area is 186 Å². The SMILES string of the molecule is CCN(Cc1cccc(F)c1)C(=O)C(Cc1ccccc1)N1C(=O)c2ccccc2C1=O. The lowest BCUT2D eigenvalue weighted by molar-refractivity contribution is -0.135. The molecule has 3 amide bonds. The van der Waals surface area contributed by atoms with Crippen molar-refractivity contribution in [2.45, 2.75) is 25.9 Å². The number of fused-ring (bicyclic) bond motifs is 1. The number of hydrogen-bond acceptors (Lipinski definition) is 3. The van der Waals surface area contributed by atoms with Crippen LogP contribution >= 0.6 is 0 Å². The maximum atomic E-state index is 13.7. The molecular weight excluding hydrogens is 407 g/mol. The van der Waals surface area contributed by atoms with Crippen molar-refractivity contribution in [1.82, 2.24) is 9.80 Å². The monoisotopic (exact) mass is 430 g/mol. The van der Waals surface area contributed by atoms with Gasteiger partial charge >= 0.3 is 0 Å². The summed E-state index contributed by atoms with van der Waals surface area (Å²) >= 11 is 0. The molecule has 1 aliphatic heterocycles. The topological polar surface area (TPSA) is 57.7 Å². The average Bonchev–Trinajstić information content (AvgIpc) is 3.06. The fourth-order valence-electron chi connectivity index (χ4n) is 4.03. The molecule has 1 aliphatic rings. The van der Waals surface area contributed by atoms with Gasteiger partial charge in [0.25, 0.3) is 11.8 Å². The zero-order valence-electron chi connectivity index (χ0n) is 17.7. The normalized spacial score (nSPS) is 13.8. The van der Waals surface area contributed by atoms with Gasteiger partial charge in [-0.3, -0.25) is 19.3 Å². The molecule has 0 fully saturated rings. The van der Waals surface area contributed by atoms with Crippen LogP contribution in [-0.2, 0) is 17.8 Å². The number of hydrogen-bond donors (Lipinski definition) is 0. The molecule has 1 heterocycles. The van der Waals surface area contributed by atoms with Crippen LogP contribution in [0.25, 0.3) is 0 Å². The number of carbonyl (C=O) groups is 3. The molecule has 0 radical (unpaired) electrons. The van der Waals surface area contributed by atoms with Crippen LogP contribution < -0.4 is 0 Å². The molecule has 1 atom stereocenters. The van der Waals surface area contributed by atoms with Crippen molar-refractivity contribution in [1.29, 1.82) is 0 Å². The third-order valence-corrected chi connectivity index (χ3v) is 5.65. The molecule has 162 valence electrons. The Morgan fingerprint density at radius 3 is 2.06 bits per heavy atom. The van der Waals surface area contributed by atoms with E-state index in [-0.39, 0.29) is 24.7 Å². The molecule has 1 unspecified atom stereocenters. The lowest BCUT2D eigenvalue weighted by Crippen LogP contribution is -2.51. The molecule has 6 heteroatoms.